The topological polar surface area (TPSA) is 27.7 Å². The summed E-state index contributed by atoms with van der Waals surface area (Å²) < 4.78 is 47.8. The van der Waals surface area contributed by atoms with E-state index in [0.29, 0.717) is 6.61 Å². The highest BCUT2D eigenvalue weighted by Gasteiger charge is 2.55. The van der Waals surface area contributed by atoms with Crippen LogP contribution in [0.15, 0.2) is 91.0 Å². The Hall–Kier alpha value is -2.60. The van der Waals surface area contributed by atoms with Crippen LogP contribution in [-0.4, -0.2) is 38.0 Å². The van der Waals surface area contributed by atoms with Crippen molar-refractivity contribution in [2.75, 3.05) is 19.8 Å². The van der Waals surface area contributed by atoms with Gasteiger partial charge in [-0.25, -0.2) is 8.78 Å². The van der Waals surface area contributed by atoms with Crippen LogP contribution in [0.2, 0.25) is 0 Å². The largest absolute Gasteiger partial charge is 0.369 e. The third-order valence-electron chi connectivity index (χ3n) is 6.12. The van der Waals surface area contributed by atoms with Crippen LogP contribution in [0.5, 0.6) is 0 Å². The lowest BCUT2D eigenvalue weighted by Gasteiger charge is -2.37. The van der Waals surface area contributed by atoms with Gasteiger partial charge in [-0.05, 0) is 23.1 Å². The highest BCUT2D eigenvalue weighted by atomic mass is 19.3. The van der Waals surface area contributed by atoms with Crippen LogP contribution in [0.25, 0.3) is 0 Å². The Kier molecular flexibility index (Phi) is 7.53. The third-order valence-corrected chi connectivity index (χ3v) is 6.12. The zero-order chi connectivity index (χ0) is 23.2. The lowest BCUT2D eigenvalue weighted by molar-refractivity contribution is -0.156. The van der Waals surface area contributed by atoms with Gasteiger partial charge in [0.25, 0.3) is 0 Å². The monoisotopic (exact) mass is 452 g/mol. The first-order valence-corrected chi connectivity index (χ1v) is 11.5. The summed E-state index contributed by atoms with van der Waals surface area (Å²) in [5, 5.41) is 0. The first-order chi connectivity index (χ1) is 16.1. The number of unbranched alkanes of at least 4 members (excludes halogenated alkanes) is 1. The lowest BCUT2D eigenvalue weighted by Crippen LogP contribution is -2.44. The SMILES string of the molecule is CCCCO[C@@H]1CO[C@H](COC(c2ccccc2)(c2ccccc2)c2ccccc2)C1(F)F. The van der Waals surface area contributed by atoms with Crippen molar-refractivity contribution in [3.05, 3.63) is 108 Å². The summed E-state index contributed by atoms with van der Waals surface area (Å²) in [4.78, 5) is 0. The maximum atomic E-state index is 15.2. The molecule has 4 rings (SSSR count). The van der Waals surface area contributed by atoms with Crippen LogP contribution in [0, 0.1) is 0 Å². The van der Waals surface area contributed by atoms with Gasteiger partial charge in [-0.2, -0.15) is 0 Å². The van der Waals surface area contributed by atoms with E-state index in [2.05, 4.69) is 0 Å². The highest BCUT2D eigenvalue weighted by Crippen LogP contribution is 2.42. The van der Waals surface area contributed by atoms with Gasteiger partial charge in [-0.15, -0.1) is 0 Å². The molecule has 1 aliphatic heterocycles. The average molecular weight is 453 g/mol. The normalized spacial score (nSPS) is 20.1. The van der Waals surface area contributed by atoms with Gasteiger partial charge in [0, 0.05) is 6.61 Å². The number of rotatable bonds is 10. The average Bonchev–Trinajstić information content (AvgIpc) is 3.15. The first-order valence-electron chi connectivity index (χ1n) is 11.5. The van der Waals surface area contributed by atoms with Crippen LogP contribution in [0.1, 0.15) is 36.5 Å². The number of ether oxygens (including phenoxy) is 3. The van der Waals surface area contributed by atoms with Gasteiger partial charge in [0.1, 0.15) is 17.8 Å². The second kappa shape index (κ2) is 10.6. The third kappa shape index (κ3) is 4.86. The zero-order valence-corrected chi connectivity index (χ0v) is 18.8. The fourth-order valence-electron chi connectivity index (χ4n) is 4.29. The van der Waals surface area contributed by atoms with Crippen molar-refractivity contribution in [2.24, 2.45) is 0 Å². The van der Waals surface area contributed by atoms with Gasteiger partial charge < -0.3 is 14.2 Å². The molecule has 1 fully saturated rings. The molecular formula is C28H30F2O3. The molecule has 0 aliphatic carbocycles. The molecule has 1 heterocycles. The number of hydrogen-bond donors (Lipinski definition) is 0. The van der Waals surface area contributed by atoms with E-state index in [4.69, 9.17) is 14.2 Å². The van der Waals surface area contributed by atoms with E-state index in [1.165, 1.54) is 0 Å². The number of benzene rings is 3. The molecule has 0 radical (unpaired) electrons. The molecule has 1 aliphatic rings. The molecule has 0 amide bonds. The summed E-state index contributed by atoms with van der Waals surface area (Å²) in [6.45, 7) is 1.88. The van der Waals surface area contributed by atoms with E-state index in [1.54, 1.807) is 0 Å². The highest BCUT2D eigenvalue weighted by molar-refractivity contribution is 5.47. The second-order valence-corrected chi connectivity index (χ2v) is 8.30. The number of halogens is 2. The van der Waals surface area contributed by atoms with Gasteiger partial charge in [0.05, 0.1) is 13.2 Å². The predicted molar refractivity (Wildman–Crippen MR) is 124 cm³/mol. The summed E-state index contributed by atoms with van der Waals surface area (Å²) in [7, 11) is 0. The second-order valence-electron chi connectivity index (χ2n) is 8.30. The molecule has 33 heavy (non-hydrogen) atoms. The van der Waals surface area contributed by atoms with Crippen molar-refractivity contribution in [3.8, 4) is 0 Å². The van der Waals surface area contributed by atoms with E-state index >= 15 is 8.78 Å². The van der Waals surface area contributed by atoms with E-state index in [0.717, 1.165) is 29.5 Å². The molecule has 3 aromatic rings. The molecule has 0 aromatic heterocycles. The Morgan fingerprint density at radius 1 is 0.848 bits per heavy atom. The van der Waals surface area contributed by atoms with E-state index in [-0.39, 0.29) is 13.2 Å². The maximum absolute atomic E-state index is 15.2. The summed E-state index contributed by atoms with van der Waals surface area (Å²) in [5.74, 6) is -3.14. The van der Waals surface area contributed by atoms with Crippen LogP contribution in [-0.2, 0) is 19.8 Å². The fraction of sp³-hybridized carbons (Fsp3) is 0.357. The maximum Gasteiger partial charge on any atom is 0.303 e. The standard InChI is InChI=1S/C28H30F2O3/c1-2-3-19-31-25-20-32-26(28(25,29)30)21-33-27(22-13-7-4-8-14-22,23-15-9-5-10-16-23)24-17-11-6-12-18-24/h4-18,25-26H,2-3,19-21H2,1H3/t25-,26-/m1/s1. The zero-order valence-electron chi connectivity index (χ0n) is 18.8. The first kappa shape index (κ1) is 23.6. The van der Waals surface area contributed by atoms with E-state index in [1.807, 2.05) is 97.9 Å². The molecule has 2 atom stereocenters. The van der Waals surface area contributed by atoms with Gasteiger partial charge in [-0.1, -0.05) is 104 Å². The van der Waals surface area contributed by atoms with Crippen molar-refractivity contribution >= 4 is 0 Å². The van der Waals surface area contributed by atoms with Crippen LogP contribution in [0.4, 0.5) is 8.78 Å². The van der Waals surface area contributed by atoms with Crippen molar-refractivity contribution in [1.29, 1.82) is 0 Å². The minimum Gasteiger partial charge on any atom is -0.369 e. The Balaban J connectivity index is 1.68. The quantitative estimate of drug-likeness (QED) is 0.270. The molecule has 5 heteroatoms. The van der Waals surface area contributed by atoms with Gasteiger partial charge >= 0.3 is 5.92 Å². The predicted octanol–water partition coefficient (Wildman–Crippen LogP) is 6.21. The van der Waals surface area contributed by atoms with Crippen molar-refractivity contribution < 1.29 is 23.0 Å². The summed E-state index contributed by atoms with van der Waals surface area (Å²) >= 11 is 0. The smallest absolute Gasteiger partial charge is 0.303 e. The Labute approximate surface area is 194 Å². The number of hydrogen-bond acceptors (Lipinski definition) is 3. The van der Waals surface area contributed by atoms with E-state index in [9.17, 15) is 0 Å². The molecular weight excluding hydrogens is 422 g/mol. The van der Waals surface area contributed by atoms with Crippen LogP contribution < -0.4 is 0 Å². The van der Waals surface area contributed by atoms with Gasteiger partial charge in [-0.3, -0.25) is 0 Å². The van der Waals surface area contributed by atoms with Crippen molar-refractivity contribution in [2.45, 2.75) is 43.5 Å². The molecule has 0 spiro atoms. The molecule has 0 unspecified atom stereocenters. The van der Waals surface area contributed by atoms with E-state index < -0.39 is 23.7 Å². The number of alkyl halides is 2. The Morgan fingerprint density at radius 2 is 1.33 bits per heavy atom. The Morgan fingerprint density at radius 3 is 1.79 bits per heavy atom. The van der Waals surface area contributed by atoms with Crippen LogP contribution >= 0.6 is 0 Å². The minimum absolute atomic E-state index is 0.139. The summed E-state index contributed by atoms with van der Waals surface area (Å²) in [6, 6.07) is 29.1. The molecule has 0 bridgehead atoms. The molecule has 3 aromatic carbocycles. The van der Waals surface area contributed by atoms with Crippen molar-refractivity contribution in [1.82, 2.24) is 0 Å². The fourth-order valence-corrected chi connectivity index (χ4v) is 4.29. The molecule has 0 N–H and O–H groups in total. The molecule has 1 saturated heterocycles. The summed E-state index contributed by atoms with van der Waals surface area (Å²) in [5.41, 5.74) is 1.52. The molecule has 0 saturated carbocycles. The molecule has 3 nitrogen and oxygen atoms in total. The van der Waals surface area contributed by atoms with Crippen molar-refractivity contribution in [3.63, 3.8) is 0 Å². The molecule has 174 valence electrons. The summed E-state index contributed by atoms with van der Waals surface area (Å²) in [6.07, 6.45) is -1.01. The van der Waals surface area contributed by atoms with Crippen LogP contribution in [0.3, 0.4) is 0 Å². The Bertz CT molecular complexity index is 883. The van der Waals surface area contributed by atoms with Gasteiger partial charge in [0.15, 0.2) is 0 Å². The lowest BCUT2D eigenvalue weighted by atomic mass is 9.80. The van der Waals surface area contributed by atoms with Gasteiger partial charge in [0.2, 0.25) is 0 Å². The minimum atomic E-state index is -3.14.